The van der Waals surface area contributed by atoms with E-state index >= 15 is 0 Å². The van der Waals surface area contributed by atoms with Crippen molar-refractivity contribution in [1.82, 2.24) is 15.4 Å². The van der Waals surface area contributed by atoms with Gasteiger partial charge in [-0.3, -0.25) is 9.63 Å². The summed E-state index contributed by atoms with van der Waals surface area (Å²) < 4.78 is 44.4. The maximum Gasteiger partial charge on any atom is 0.417 e. The maximum absolute atomic E-state index is 12.9. The lowest BCUT2D eigenvalue weighted by Crippen LogP contribution is -2.24. The smallest absolute Gasteiger partial charge is 0.417 e. The van der Waals surface area contributed by atoms with Crippen LogP contribution in [0.5, 0.6) is 11.6 Å². The Morgan fingerprint density at radius 2 is 1.67 bits per heavy atom. The fourth-order valence-electron chi connectivity index (χ4n) is 2.49. The molecule has 0 aliphatic heterocycles. The van der Waals surface area contributed by atoms with Crippen LogP contribution in [0.25, 0.3) is 0 Å². The van der Waals surface area contributed by atoms with Gasteiger partial charge in [0, 0.05) is 23.6 Å². The molecule has 9 nitrogen and oxygen atoms in total. The van der Waals surface area contributed by atoms with Crippen molar-refractivity contribution in [1.29, 1.82) is 0 Å². The molecular weight excluding hydrogens is 467 g/mol. The van der Waals surface area contributed by atoms with Crippen LogP contribution < -0.4 is 20.9 Å². The molecule has 1 heterocycles. The molecule has 33 heavy (non-hydrogen) atoms. The number of urea groups is 1. The number of alkyl halides is 3. The fraction of sp³-hybridized carbons (Fsp3) is 0.100. The molecule has 3 aromatic rings. The van der Waals surface area contributed by atoms with E-state index in [2.05, 4.69) is 30.9 Å². The van der Waals surface area contributed by atoms with Crippen LogP contribution in [-0.4, -0.2) is 29.0 Å². The number of aromatic nitrogens is 2. The van der Waals surface area contributed by atoms with Gasteiger partial charge in [0.2, 0.25) is 11.7 Å². The summed E-state index contributed by atoms with van der Waals surface area (Å²) in [5, 5.41) is 4.31. The lowest BCUT2D eigenvalue weighted by Gasteiger charge is -2.12. The van der Waals surface area contributed by atoms with Crippen molar-refractivity contribution in [3.63, 3.8) is 0 Å². The van der Waals surface area contributed by atoms with E-state index in [1.165, 1.54) is 49.7 Å². The largest absolute Gasteiger partial charge is 0.439 e. The van der Waals surface area contributed by atoms with Crippen LogP contribution >= 0.6 is 11.6 Å². The van der Waals surface area contributed by atoms with Crippen LogP contribution in [-0.2, 0) is 11.0 Å². The molecule has 0 aliphatic rings. The first-order valence-corrected chi connectivity index (χ1v) is 9.42. The Bertz CT molecular complexity index is 1160. The van der Waals surface area contributed by atoms with Crippen LogP contribution in [0, 0.1) is 0 Å². The fourth-order valence-corrected chi connectivity index (χ4v) is 2.71. The number of amides is 3. The molecule has 3 amide bonds. The number of halogens is 4. The first-order valence-electron chi connectivity index (χ1n) is 9.05. The number of ether oxygens (including phenoxy) is 1. The van der Waals surface area contributed by atoms with Gasteiger partial charge in [0.05, 0.1) is 17.7 Å². The predicted molar refractivity (Wildman–Crippen MR) is 112 cm³/mol. The lowest BCUT2D eigenvalue weighted by atomic mass is 10.2. The van der Waals surface area contributed by atoms with E-state index in [0.717, 1.165) is 12.1 Å². The Morgan fingerprint density at radius 1 is 1.00 bits per heavy atom. The van der Waals surface area contributed by atoms with E-state index in [4.69, 9.17) is 16.3 Å². The number of nitrogens with one attached hydrogen (secondary N) is 3. The molecule has 3 N–H and O–H groups in total. The molecule has 0 saturated carbocycles. The highest BCUT2D eigenvalue weighted by Gasteiger charge is 2.33. The Morgan fingerprint density at radius 3 is 2.33 bits per heavy atom. The molecule has 0 fully saturated rings. The van der Waals surface area contributed by atoms with Crippen molar-refractivity contribution in [2.75, 3.05) is 17.7 Å². The summed E-state index contributed by atoms with van der Waals surface area (Å²) in [5.41, 5.74) is 1.28. The third kappa shape index (κ3) is 6.54. The standard InChI is InChI=1S/C20H15ClF3N5O4/c1-32-29-18(30)17-25-9-8-16(28-17)33-13-5-2-11(3-6-13)26-19(31)27-12-4-7-15(21)14(10-12)20(22,23)24/h2-10H,1H3,(H,29,30)(H2,26,27,31). The molecule has 172 valence electrons. The normalized spacial score (nSPS) is 10.9. The minimum atomic E-state index is -4.65. The van der Waals surface area contributed by atoms with Gasteiger partial charge in [-0.25, -0.2) is 15.3 Å². The SMILES string of the molecule is CONC(=O)c1nccc(Oc2ccc(NC(=O)Nc3ccc(Cl)c(C(F)(F)F)c3)cc2)n1. The Hall–Kier alpha value is -3.90. The van der Waals surface area contributed by atoms with Crippen molar-refractivity contribution < 1.29 is 32.3 Å². The van der Waals surface area contributed by atoms with Crippen LogP contribution in [0.15, 0.2) is 54.7 Å². The van der Waals surface area contributed by atoms with E-state index in [9.17, 15) is 22.8 Å². The molecule has 0 spiro atoms. The molecule has 0 saturated heterocycles. The van der Waals surface area contributed by atoms with Gasteiger partial charge in [-0.15, -0.1) is 0 Å². The highest BCUT2D eigenvalue weighted by atomic mass is 35.5. The van der Waals surface area contributed by atoms with Gasteiger partial charge in [0.1, 0.15) is 5.75 Å². The van der Waals surface area contributed by atoms with E-state index in [-0.39, 0.29) is 17.4 Å². The van der Waals surface area contributed by atoms with Gasteiger partial charge in [-0.1, -0.05) is 11.6 Å². The van der Waals surface area contributed by atoms with Crippen LogP contribution in [0.4, 0.5) is 29.3 Å². The van der Waals surface area contributed by atoms with Gasteiger partial charge in [0.25, 0.3) is 0 Å². The molecule has 2 aromatic carbocycles. The molecule has 13 heteroatoms. The third-order valence-electron chi connectivity index (χ3n) is 3.89. The highest BCUT2D eigenvalue weighted by Crippen LogP contribution is 2.36. The number of carbonyl (C=O) groups is 2. The summed E-state index contributed by atoms with van der Waals surface area (Å²) in [6.07, 6.45) is -3.33. The maximum atomic E-state index is 12.9. The molecule has 0 radical (unpaired) electrons. The van der Waals surface area contributed by atoms with Crippen molar-refractivity contribution in [2.45, 2.75) is 6.18 Å². The zero-order chi connectivity index (χ0) is 24.0. The summed E-state index contributed by atoms with van der Waals surface area (Å²) in [6.45, 7) is 0. The average Bonchev–Trinajstić information content (AvgIpc) is 2.76. The quantitative estimate of drug-likeness (QED) is 0.432. The number of benzene rings is 2. The summed E-state index contributed by atoms with van der Waals surface area (Å²) in [7, 11) is 1.27. The van der Waals surface area contributed by atoms with E-state index < -0.39 is 28.7 Å². The topological polar surface area (TPSA) is 114 Å². The van der Waals surface area contributed by atoms with Gasteiger partial charge >= 0.3 is 18.1 Å². The molecule has 0 aliphatic carbocycles. The second kappa shape index (κ2) is 10.1. The molecular formula is C20H15ClF3N5O4. The van der Waals surface area contributed by atoms with Gasteiger partial charge in [0.15, 0.2) is 0 Å². The molecule has 0 atom stereocenters. The van der Waals surface area contributed by atoms with E-state index in [1.54, 1.807) is 0 Å². The van der Waals surface area contributed by atoms with E-state index in [1.807, 2.05) is 0 Å². The molecule has 0 unspecified atom stereocenters. The van der Waals surface area contributed by atoms with Crippen LogP contribution in [0.1, 0.15) is 16.2 Å². The minimum absolute atomic E-state index is 0.0822. The van der Waals surface area contributed by atoms with Gasteiger partial charge < -0.3 is 15.4 Å². The van der Waals surface area contributed by atoms with Crippen molar-refractivity contribution in [3.05, 3.63) is 71.1 Å². The first-order chi connectivity index (χ1) is 15.7. The summed E-state index contributed by atoms with van der Waals surface area (Å²) in [6, 6.07) is 9.72. The number of hydroxylamine groups is 1. The zero-order valence-corrected chi connectivity index (χ0v) is 17.5. The first kappa shape index (κ1) is 23.8. The van der Waals surface area contributed by atoms with Crippen molar-refractivity contribution in [2.24, 2.45) is 0 Å². The van der Waals surface area contributed by atoms with Crippen molar-refractivity contribution >= 4 is 34.9 Å². The number of hydrogen-bond acceptors (Lipinski definition) is 6. The van der Waals surface area contributed by atoms with E-state index in [0.29, 0.717) is 11.4 Å². The Labute approximate surface area is 189 Å². The molecule has 1 aromatic heterocycles. The Kier molecular flexibility index (Phi) is 7.30. The number of carbonyl (C=O) groups excluding carboxylic acids is 2. The summed E-state index contributed by atoms with van der Waals surface area (Å²) in [5.74, 6) is -0.394. The van der Waals surface area contributed by atoms with Crippen LogP contribution in [0.3, 0.4) is 0 Å². The predicted octanol–water partition coefficient (Wildman–Crippen LogP) is 4.88. The monoisotopic (exact) mass is 481 g/mol. The number of hydrogen-bond donors (Lipinski definition) is 3. The number of rotatable bonds is 6. The summed E-state index contributed by atoms with van der Waals surface area (Å²) >= 11 is 5.56. The highest BCUT2D eigenvalue weighted by molar-refractivity contribution is 6.31. The molecule has 3 rings (SSSR count). The van der Waals surface area contributed by atoms with Gasteiger partial charge in [-0.2, -0.15) is 18.2 Å². The lowest BCUT2D eigenvalue weighted by molar-refractivity contribution is -0.137. The second-order valence-corrected chi connectivity index (χ2v) is 6.66. The molecule has 0 bridgehead atoms. The Balaban J connectivity index is 1.61. The third-order valence-corrected chi connectivity index (χ3v) is 4.22. The summed E-state index contributed by atoms with van der Waals surface area (Å²) in [4.78, 5) is 36.1. The van der Waals surface area contributed by atoms with Crippen molar-refractivity contribution in [3.8, 4) is 11.6 Å². The average molecular weight is 482 g/mol. The van der Waals surface area contributed by atoms with Gasteiger partial charge in [-0.05, 0) is 42.5 Å². The van der Waals surface area contributed by atoms with Crippen LogP contribution in [0.2, 0.25) is 5.02 Å². The second-order valence-electron chi connectivity index (χ2n) is 6.25. The minimum Gasteiger partial charge on any atom is -0.439 e. The number of nitrogens with zero attached hydrogens (tertiary/aromatic N) is 2. The zero-order valence-electron chi connectivity index (χ0n) is 16.7. The number of anilines is 2.